The maximum atomic E-state index is 11.7. The van der Waals surface area contributed by atoms with Gasteiger partial charge in [-0.3, -0.25) is 0 Å². The van der Waals surface area contributed by atoms with Gasteiger partial charge in [0, 0.05) is 49.8 Å². The fraction of sp³-hybridized carbons (Fsp3) is 0.529. The van der Waals surface area contributed by atoms with E-state index in [1.807, 2.05) is 6.07 Å². The zero-order chi connectivity index (χ0) is 17.8. The Hall–Kier alpha value is -2.22. The van der Waals surface area contributed by atoms with Crippen LogP contribution in [-0.2, 0) is 4.74 Å². The van der Waals surface area contributed by atoms with Crippen molar-refractivity contribution in [2.24, 2.45) is 0 Å². The van der Waals surface area contributed by atoms with Gasteiger partial charge in [0.25, 0.3) is 0 Å². The third-order valence-electron chi connectivity index (χ3n) is 4.08. The summed E-state index contributed by atoms with van der Waals surface area (Å²) in [6.07, 6.45) is 1.58. The standard InChI is InChI=1S/C17H23N5O2S/c1-4-24-16(23)13-5-6-14(18-11-13)21-7-9-22(10-8-21)17-19-15(12(2)3)20-25-17/h5-6,11-12H,4,7-10H2,1-3H3. The lowest BCUT2D eigenvalue weighted by molar-refractivity contribution is 0.0526. The molecule has 0 saturated carbocycles. The van der Waals surface area contributed by atoms with E-state index in [9.17, 15) is 4.79 Å². The van der Waals surface area contributed by atoms with Gasteiger partial charge in [-0.1, -0.05) is 13.8 Å². The van der Waals surface area contributed by atoms with Crippen LogP contribution in [0.4, 0.5) is 10.9 Å². The molecule has 0 amide bonds. The van der Waals surface area contributed by atoms with Crippen molar-refractivity contribution in [2.75, 3.05) is 42.6 Å². The van der Waals surface area contributed by atoms with Gasteiger partial charge in [-0.2, -0.15) is 4.37 Å². The van der Waals surface area contributed by atoms with Crippen LogP contribution < -0.4 is 9.80 Å². The molecule has 0 aromatic carbocycles. The largest absolute Gasteiger partial charge is 0.462 e. The Kier molecular flexibility index (Phi) is 5.47. The SMILES string of the molecule is CCOC(=O)c1ccc(N2CCN(c3nc(C(C)C)ns3)CC2)nc1. The predicted octanol–water partition coefficient (Wildman–Crippen LogP) is 2.56. The minimum Gasteiger partial charge on any atom is -0.462 e. The molecule has 8 heteroatoms. The third kappa shape index (κ3) is 4.07. The summed E-state index contributed by atoms with van der Waals surface area (Å²) in [5, 5.41) is 0.994. The van der Waals surface area contributed by atoms with Crippen LogP contribution in [0.5, 0.6) is 0 Å². The number of pyridine rings is 1. The average molecular weight is 361 g/mol. The van der Waals surface area contributed by atoms with Gasteiger partial charge in [0.1, 0.15) is 11.6 Å². The molecule has 2 aromatic heterocycles. The summed E-state index contributed by atoms with van der Waals surface area (Å²) in [5.74, 6) is 1.82. The summed E-state index contributed by atoms with van der Waals surface area (Å²) >= 11 is 1.47. The van der Waals surface area contributed by atoms with Crippen molar-refractivity contribution in [1.82, 2.24) is 14.3 Å². The molecule has 1 aliphatic heterocycles. The van der Waals surface area contributed by atoms with Crippen LogP contribution in [0.1, 0.15) is 42.9 Å². The highest BCUT2D eigenvalue weighted by Crippen LogP contribution is 2.23. The number of esters is 1. The molecular weight excluding hydrogens is 338 g/mol. The first-order chi connectivity index (χ1) is 12.1. The van der Waals surface area contributed by atoms with E-state index in [1.165, 1.54) is 11.5 Å². The van der Waals surface area contributed by atoms with Gasteiger partial charge in [-0.25, -0.2) is 14.8 Å². The molecule has 0 unspecified atom stereocenters. The number of aromatic nitrogens is 3. The van der Waals surface area contributed by atoms with Crippen molar-refractivity contribution in [3.63, 3.8) is 0 Å². The molecular formula is C17H23N5O2S. The van der Waals surface area contributed by atoms with Crippen molar-refractivity contribution >= 4 is 28.5 Å². The number of carbonyl (C=O) groups is 1. The second kappa shape index (κ2) is 7.77. The van der Waals surface area contributed by atoms with Crippen molar-refractivity contribution in [2.45, 2.75) is 26.7 Å². The summed E-state index contributed by atoms with van der Waals surface area (Å²) in [6, 6.07) is 3.65. The summed E-state index contributed by atoms with van der Waals surface area (Å²) in [4.78, 5) is 25.2. The molecule has 0 radical (unpaired) electrons. The molecule has 3 rings (SSSR count). The third-order valence-corrected chi connectivity index (χ3v) is 4.87. The van der Waals surface area contributed by atoms with Gasteiger partial charge in [-0.15, -0.1) is 0 Å². The number of rotatable bonds is 5. The van der Waals surface area contributed by atoms with Gasteiger partial charge in [0.05, 0.1) is 12.2 Å². The minimum atomic E-state index is -0.330. The molecule has 0 bridgehead atoms. The van der Waals surface area contributed by atoms with Crippen molar-refractivity contribution < 1.29 is 9.53 Å². The summed E-state index contributed by atoms with van der Waals surface area (Å²) in [6.45, 7) is 9.87. The van der Waals surface area contributed by atoms with E-state index in [-0.39, 0.29) is 5.97 Å². The molecule has 0 aliphatic carbocycles. The van der Waals surface area contributed by atoms with E-state index in [1.54, 1.807) is 19.2 Å². The first kappa shape index (κ1) is 17.6. The quantitative estimate of drug-likeness (QED) is 0.758. The van der Waals surface area contributed by atoms with Gasteiger partial charge in [-0.05, 0) is 19.1 Å². The van der Waals surface area contributed by atoms with Gasteiger partial charge in [0.2, 0.25) is 5.13 Å². The Morgan fingerprint density at radius 2 is 1.96 bits per heavy atom. The normalized spacial score (nSPS) is 14.9. The topological polar surface area (TPSA) is 71.5 Å². The fourth-order valence-corrected chi connectivity index (χ4v) is 3.48. The predicted molar refractivity (Wildman–Crippen MR) is 98.6 cm³/mol. The fourth-order valence-electron chi connectivity index (χ4n) is 2.62. The average Bonchev–Trinajstić information content (AvgIpc) is 3.13. The first-order valence-corrected chi connectivity index (χ1v) is 9.32. The van der Waals surface area contributed by atoms with E-state index < -0.39 is 0 Å². The van der Waals surface area contributed by atoms with Crippen LogP contribution in [0.3, 0.4) is 0 Å². The Morgan fingerprint density at radius 1 is 1.24 bits per heavy atom. The van der Waals surface area contributed by atoms with Gasteiger partial charge >= 0.3 is 5.97 Å². The molecule has 1 saturated heterocycles. The van der Waals surface area contributed by atoms with Gasteiger partial charge < -0.3 is 14.5 Å². The summed E-state index contributed by atoms with van der Waals surface area (Å²) in [5.41, 5.74) is 0.485. The lowest BCUT2D eigenvalue weighted by Gasteiger charge is -2.35. The van der Waals surface area contributed by atoms with E-state index >= 15 is 0 Å². The van der Waals surface area contributed by atoms with Crippen LogP contribution in [0.15, 0.2) is 18.3 Å². The zero-order valence-corrected chi connectivity index (χ0v) is 15.6. The Balaban J connectivity index is 1.59. The van der Waals surface area contributed by atoms with Crippen LogP contribution in [0.25, 0.3) is 0 Å². The van der Waals surface area contributed by atoms with Crippen LogP contribution in [0, 0.1) is 0 Å². The molecule has 2 aromatic rings. The van der Waals surface area contributed by atoms with Crippen molar-refractivity contribution in [3.8, 4) is 0 Å². The lowest BCUT2D eigenvalue weighted by atomic mass is 10.2. The number of hydrogen-bond donors (Lipinski definition) is 0. The monoisotopic (exact) mass is 361 g/mol. The highest BCUT2D eigenvalue weighted by molar-refractivity contribution is 7.09. The highest BCUT2D eigenvalue weighted by atomic mass is 32.1. The molecule has 7 nitrogen and oxygen atoms in total. The Morgan fingerprint density at radius 3 is 2.52 bits per heavy atom. The lowest BCUT2D eigenvalue weighted by Crippen LogP contribution is -2.46. The zero-order valence-electron chi connectivity index (χ0n) is 14.8. The highest BCUT2D eigenvalue weighted by Gasteiger charge is 2.21. The maximum absolute atomic E-state index is 11.7. The van der Waals surface area contributed by atoms with Crippen molar-refractivity contribution in [3.05, 3.63) is 29.7 Å². The number of ether oxygens (including phenoxy) is 1. The molecule has 25 heavy (non-hydrogen) atoms. The van der Waals surface area contributed by atoms with E-state index in [4.69, 9.17) is 4.74 Å². The molecule has 0 N–H and O–H groups in total. The second-order valence-electron chi connectivity index (χ2n) is 6.19. The molecule has 134 valence electrons. The molecule has 1 fully saturated rings. The van der Waals surface area contributed by atoms with Crippen LogP contribution in [0.2, 0.25) is 0 Å². The summed E-state index contributed by atoms with van der Waals surface area (Å²) in [7, 11) is 0. The second-order valence-corrected chi connectivity index (χ2v) is 6.92. The Bertz CT molecular complexity index is 708. The van der Waals surface area contributed by atoms with Gasteiger partial charge in [0.15, 0.2) is 0 Å². The minimum absolute atomic E-state index is 0.330. The van der Waals surface area contributed by atoms with Crippen LogP contribution >= 0.6 is 11.5 Å². The molecule has 0 spiro atoms. The number of hydrogen-bond acceptors (Lipinski definition) is 8. The summed E-state index contributed by atoms with van der Waals surface area (Å²) < 4.78 is 9.41. The van der Waals surface area contributed by atoms with E-state index in [0.29, 0.717) is 18.1 Å². The first-order valence-electron chi connectivity index (χ1n) is 8.55. The number of carbonyl (C=O) groups excluding carboxylic acids is 1. The van der Waals surface area contributed by atoms with E-state index in [2.05, 4.69) is 38.0 Å². The van der Waals surface area contributed by atoms with E-state index in [0.717, 1.165) is 43.0 Å². The number of nitrogens with zero attached hydrogens (tertiary/aromatic N) is 5. The van der Waals surface area contributed by atoms with Crippen molar-refractivity contribution in [1.29, 1.82) is 0 Å². The number of anilines is 2. The number of piperazine rings is 1. The smallest absolute Gasteiger partial charge is 0.339 e. The maximum Gasteiger partial charge on any atom is 0.339 e. The Labute approximate surface area is 151 Å². The molecule has 0 atom stereocenters. The molecule has 1 aliphatic rings. The van der Waals surface area contributed by atoms with Crippen LogP contribution in [-0.4, -0.2) is 53.1 Å². The molecule has 3 heterocycles.